The molecule has 0 saturated carbocycles. The average Bonchev–Trinajstić information content (AvgIpc) is 2.22. The van der Waals surface area contributed by atoms with Crippen LogP contribution in [-0.2, 0) is 4.74 Å². The summed E-state index contributed by atoms with van der Waals surface area (Å²) in [6.45, 7) is 9.81. The zero-order valence-corrected chi connectivity index (χ0v) is 9.59. The maximum atomic E-state index is 4.98. The quantitative estimate of drug-likeness (QED) is 0.484. The second kappa shape index (κ2) is 11.0. The Bertz CT molecular complexity index is 190. The van der Waals surface area contributed by atoms with E-state index < -0.39 is 0 Å². The maximum Gasteiger partial charge on any atom is 0.132 e. The van der Waals surface area contributed by atoms with E-state index in [0.29, 0.717) is 0 Å². The van der Waals surface area contributed by atoms with Crippen molar-refractivity contribution in [1.29, 1.82) is 0 Å². The minimum atomic E-state index is 0.784. The van der Waals surface area contributed by atoms with Crippen LogP contribution < -0.4 is 0 Å². The number of rotatable bonds is 3. The molecule has 2 nitrogen and oxygen atoms in total. The van der Waals surface area contributed by atoms with Gasteiger partial charge in [-0.05, 0) is 26.8 Å². The Balaban J connectivity index is 0. The summed E-state index contributed by atoms with van der Waals surface area (Å²) in [4.78, 5) is 4.13. The predicted molar refractivity (Wildman–Crippen MR) is 60.0 cm³/mol. The molecule has 13 heavy (non-hydrogen) atoms. The first-order valence-corrected chi connectivity index (χ1v) is 4.61. The molecule has 0 rings (SSSR count). The molecule has 0 aliphatic heterocycles. The maximum absolute atomic E-state index is 4.98. The van der Waals surface area contributed by atoms with E-state index in [9.17, 15) is 0 Å². The Kier molecular flexibility index (Phi) is 12.2. The molecule has 0 heterocycles. The van der Waals surface area contributed by atoms with Gasteiger partial charge in [-0.3, -0.25) is 4.99 Å². The van der Waals surface area contributed by atoms with Gasteiger partial charge in [-0.25, -0.2) is 0 Å². The summed E-state index contributed by atoms with van der Waals surface area (Å²) >= 11 is 0. The van der Waals surface area contributed by atoms with Crippen molar-refractivity contribution in [2.45, 2.75) is 34.6 Å². The van der Waals surface area contributed by atoms with Gasteiger partial charge >= 0.3 is 0 Å². The first kappa shape index (κ1) is 14.5. The zero-order chi connectivity index (χ0) is 10.7. The monoisotopic (exact) mass is 183 g/mol. The van der Waals surface area contributed by atoms with Gasteiger partial charge in [0.1, 0.15) is 5.76 Å². The molecule has 0 saturated heterocycles. The van der Waals surface area contributed by atoms with E-state index in [0.717, 1.165) is 11.5 Å². The second-order valence-corrected chi connectivity index (χ2v) is 2.08. The molecule has 76 valence electrons. The first-order valence-electron chi connectivity index (χ1n) is 4.61. The third-order valence-electron chi connectivity index (χ3n) is 1.33. The van der Waals surface area contributed by atoms with E-state index in [1.165, 1.54) is 0 Å². The third kappa shape index (κ3) is 8.86. The van der Waals surface area contributed by atoms with Gasteiger partial charge in [-0.2, -0.15) is 0 Å². The molecule has 0 atom stereocenters. The summed E-state index contributed by atoms with van der Waals surface area (Å²) < 4.78 is 4.98. The second-order valence-electron chi connectivity index (χ2n) is 2.08. The molecule has 0 aliphatic rings. The Morgan fingerprint density at radius 1 is 1.15 bits per heavy atom. The highest BCUT2D eigenvalue weighted by molar-refractivity contribution is 5.76. The van der Waals surface area contributed by atoms with Crippen molar-refractivity contribution >= 4 is 6.21 Å². The lowest BCUT2D eigenvalue weighted by atomic mass is 10.4. The van der Waals surface area contributed by atoms with Crippen LogP contribution in [0.2, 0.25) is 0 Å². The number of aliphatic imine (C=N–C) groups is 1. The van der Waals surface area contributed by atoms with Gasteiger partial charge in [-0.1, -0.05) is 19.9 Å². The van der Waals surface area contributed by atoms with Crippen LogP contribution in [0.25, 0.3) is 0 Å². The van der Waals surface area contributed by atoms with E-state index in [1.807, 2.05) is 46.8 Å². The Hall–Kier alpha value is -1.05. The standard InChI is InChI=1S/C9H15NO.C2H6/c1-5-8(3)10-7-9(6-2)11-4;1-2/h5-7H,1-4H3;1-2H3/b8-5-,9-6+,10-7-;. The molecular formula is C11H21NO. The summed E-state index contributed by atoms with van der Waals surface area (Å²) in [7, 11) is 1.63. The van der Waals surface area contributed by atoms with Crippen LogP contribution in [0.4, 0.5) is 0 Å². The van der Waals surface area contributed by atoms with Crippen LogP contribution in [0.3, 0.4) is 0 Å². The number of allylic oxidation sites excluding steroid dienone is 4. The Morgan fingerprint density at radius 3 is 2.00 bits per heavy atom. The normalized spacial score (nSPS) is 12.5. The number of nitrogens with zero attached hydrogens (tertiary/aromatic N) is 1. The molecule has 0 radical (unpaired) electrons. The predicted octanol–water partition coefficient (Wildman–Crippen LogP) is 3.56. The minimum Gasteiger partial charge on any atom is -0.495 e. The van der Waals surface area contributed by atoms with Crippen molar-refractivity contribution in [2.75, 3.05) is 7.11 Å². The molecular weight excluding hydrogens is 162 g/mol. The van der Waals surface area contributed by atoms with Crippen molar-refractivity contribution in [3.8, 4) is 0 Å². The molecule has 2 heteroatoms. The van der Waals surface area contributed by atoms with Gasteiger partial charge in [0, 0.05) is 5.70 Å². The fraction of sp³-hybridized carbons (Fsp3) is 0.545. The van der Waals surface area contributed by atoms with Gasteiger partial charge in [0.05, 0.1) is 13.3 Å². The molecule has 0 spiro atoms. The molecule has 0 N–H and O–H groups in total. The molecule has 0 aromatic rings. The number of ether oxygens (including phenoxy) is 1. The molecule has 0 aromatic carbocycles. The number of hydrogen-bond acceptors (Lipinski definition) is 2. The smallest absolute Gasteiger partial charge is 0.132 e. The average molecular weight is 183 g/mol. The topological polar surface area (TPSA) is 21.6 Å². The van der Waals surface area contributed by atoms with E-state index in [-0.39, 0.29) is 0 Å². The highest BCUT2D eigenvalue weighted by atomic mass is 16.5. The van der Waals surface area contributed by atoms with E-state index in [2.05, 4.69) is 4.99 Å². The molecule has 0 aliphatic carbocycles. The fourth-order valence-electron chi connectivity index (χ4n) is 0.485. The lowest BCUT2D eigenvalue weighted by molar-refractivity contribution is 0.316. The van der Waals surface area contributed by atoms with Crippen molar-refractivity contribution in [3.63, 3.8) is 0 Å². The van der Waals surface area contributed by atoms with Crippen LogP contribution in [0.1, 0.15) is 34.6 Å². The fourth-order valence-corrected chi connectivity index (χ4v) is 0.485. The van der Waals surface area contributed by atoms with Crippen molar-refractivity contribution in [3.05, 3.63) is 23.6 Å². The zero-order valence-electron chi connectivity index (χ0n) is 9.59. The minimum absolute atomic E-state index is 0.784. The van der Waals surface area contributed by atoms with Gasteiger partial charge in [-0.15, -0.1) is 0 Å². The molecule has 0 unspecified atom stereocenters. The molecule has 0 bridgehead atoms. The molecule has 0 amide bonds. The van der Waals surface area contributed by atoms with Crippen molar-refractivity contribution < 1.29 is 4.74 Å². The van der Waals surface area contributed by atoms with Crippen LogP contribution in [0.15, 0.2) is 28.6 Å². The number of methoxy groups -OCH3 is 1. The van der Waals surface area contributed by atoms with Crippen molar-refractivity contribution in [1.82, 2.24) is 0 Å². The van der Waals surface area contributed by atoms with E-state index >= 15 is 0 Å². The summed E-state index contributed by atoms with van der Waals surface area (Å²) in [6, 6.07) is 0. The van der Waals surface area contributed by atoms with Gasteiger partial charge in [0.15, 0.2) is 0 Å². The molecule has 0 fully saturated rings. The SMILES string of the molecule is CC.C\C=C(C)/N=C\C(=C/C)OC. The van der Waals surface area contributed by atoms with Crippen LogP contribution in [0.5, 0.6) is 0 Å². The van der Waals surface area contributed by atoms with Crippen LogP contribution in [-0.4, -0.2) is 13.3 Å². The Labute approximate surface area is 82.0 Å². The highest BCUT2D eigenvalue weighted by Crippen LogP contribution is 1.95. The van der Waals surface area contributed by atoms with Gasteiger partial charge in [0.25, 0.3) is 0 Å². The molecule has 0 aromatic heterocycles. The highest BCUT2D eigenvalue weighted by Gasteiger charge is 1.85. The largest absolute Gasteiger partial charge is 0.495 e. The van der Waals surface area contributed by atoms with Crippen molar-refractivity contribution in [2.24, 2.45) is 4.99 Å². The van der Waals surface area contributed by atoms with Crippen LogP contribution in [0, 0.1) is 0 Å². The first-order chi connectivity index (χ1) is 6.24. The lowest BCUT2D eigenvalue weighted by Gasteiger charge is -1.96. The lowest BCUT2D eigenvalue weighted by Crippen LogP contribution is -1.86. The van der Waals surface area contributed by atoms with Gasteiger partial charge < -0.3 is 4.74 Å². The number of hydrogen-bond donors (Lipinski definition) is 0. The van der Waals surface area contributed by atoms with Gasteiger partial charge in [0.2, 0.25) is 0 Å². The van der Waals surface area contributed by atoms with E-state index in [4.69, 9.17) is 4.74 Å². The van der Waals surface area contributed by atoms with E-state index in [1.54, 1.807) is 13.3 Å². The summed E-state index contributed by atoms with van der Waals surface area (Å²) in [5.74, 6) is 0.784. The third-order valence-corrected chi connectivity index (χ3v) is 1.33. The summed E-state index contributed by atoms with van der Waals surface area (Å²) in [6.07, 6.45) is 5.52. The summed E-state index contributed by atoms with van der Waals surface area (Å²) in [5, 5.41) is 0. The Morgan fingerprint density at radius 2 is 1.69 bits per heavy atom. The summed E-state index contributed by atoms with van der Waals surface area (Å²) in [5.41, 5.74) is 0.987. The van der Waals surface area contributed by atoms with Crippen LogP contribution >= 0.6 is 0 Å².